The fourth-order valence-corrected chi connectivity index (χ4v) is 2.95. The molecule has 4 aromatic rings. The number of hydrogen-bond donors (Lipinski definition) is 0. The van der Waals surface area contributed by atoms with Crippen LogP contribution in [0.5, 0.6) is 0 Å². The van der Waals surface area contributed by atoms with E-state index in [1.807, 2.05) is 17.5 Å². The molecule has 3 aromatic heterocycles. The third-order valence-electron chi connectivity index (χ3n) is 3.49. The minimum Gasteiger partial charge on any atom is -0.443 e. The predicted molar refractivity (Wildman–Crippen MR) is 87.2 cm³/mol. The van der Waals surface area contributed by atoms with E-state index in [1.54, 1.807) is 0 Å². The lowest BCUT2D eigenvalue weighted by Crippen LogP contribution is -2.05. The summed E-state index contributed by atoms with van der Waals surface area (Å²) in [6.07, 6.45) is -2.94. The summed E-state index contributed by atoms with van der Waals surface area (Å²) in [6.45, 7) is 0.195. The van der Waals surface area contributed by atoms with Gasteiger partial charge in [-0.3, -0.25) is 0 Å². The van der Waals surface area contributed by atoms with Gasteiger partial charge in [0, 0.05) is 5.56 Å². The molecule has 4 rings (SSSR count). The molecule has 0 N–H and O–H groups in total. The highest BCUT2D eigenvalue weighted by Crippen LogP contribution is 2.31. The van der Waals surface area contributed by atoms with E-state index in [9.17, 15) is 13.2 Å². The summed E-state index contributed by atoms with van der Waals surface area (Å²) < 4.78 is 43.9. The molecule has 3 heterocycles. The highest BCUT2D eigenvalue weighted by Gasteiger charge is 2.30. The third kappa shape index (κ3) is 3.36. The van der Waals surface area contributed by atoms with E-state index in [2.05, 4.69) is 20.4 Å². The van der Waals surface area contributed by atoms with Crippen molar-refractivity contribution < 1.29 is 17.6 Å². The molecule has 0 bridgehead atoms. The van der Waals surface area contributed by atoms with Crippen molar-refractivity contribution in [2.45, 2.75) is 12.7 Å². The van der Waals surface area contributed by atoms with Crippen LogP contribution in [0.2, 0.25) is 0 Å². The molecular weight excluding hydrogens is 367 g/mol. The highest BCUT2D eigenvalue weighted by molar-refractivity contribution is 7.13. The first-order chi connectivity index (χ1) is 12.5. The van der Waals surface area contributed by atoms with Gasteiger partial charge in [0.05, 0.1) is 10.4 Å². The van der Waals surface area contributed by atoms with Gasteiger partial charge in [-0.05, 0) is 28.8 Å². The molecule has 10 heteroatoms. The molecule has 0 saturated carbocycles. The van der Waals surface area contributed by atoms with Crippen LogP contribution in [-0.2, 0) is 12.7 Å². The van der Waals surface area contributed by atoms with Gasteiger partial charge in [0.25, 0.3) is 0 Å². The van der Waals surface area contributed by atoms with Crippen molar-refractivity contribution in [2.75, 3.05) is 0 Å². The summed E-state index contributed by atoms with van der Waals surface area (Å²) in [4.78, 5) is 6.49. The molecule has 0 unspecified atom stereocenters. The summed E-state index contributed by atoms with van der Waals surface area (Å²) in [5.74, 6) is 0.603. The van der Waals surface area contributed by atoms with Gasteiger partial charge in [-0.15, -0.1) is 21.5 Å². The molecule has 0 amide bonds. The molecule has 6 nitrogen and oxygen atoms in total. The Labute approximate surface area is 148 Å². The van der Waals surface area contributed by atoms with E-state index in [0.717, 1.165) is 17.0 Å². The monoisotopic (exact) mass is 377 g/mol. The average molecular weight is 377 g/mol. The lowest BCUT2D eigenvalue weighted by atomic mass is 10.1. The van der Waals surface area contributed by atoms with Crippen LogP contribution in [-0.4, -0.2) is 25.2 Å². The molecule has 0 aliphatic heterocycles. The summed E-state index contributed by atoms with van der Waals surface area (Å²) in [5.41, 5.74) is 0.0651. The molecule has 26 heavy (non-hydrogen) atoms. The van der Waals surface area contributed by atoms with Crippen molar-refractivity contribution in [3.05, 3.63) is 59.3 Å². The number of thiophene rings is 1. The lowest BCUT2D eigenvalue weighted by Gasteiger charge is -2.06. The Hall–Kier alpha value is -3.01. The minimum absolute atomic E-state index is 0.109. The van der Waals surface area contributed by atoms with Crippen molar-refractivity contribution in [1.29, 1.82) is 0 Å². The van der Waals surface area contributed by atoms with Gasteiger partial charge in [0.1, 0.15) is 18.5 Å². The fraction of sp³-hybridized carbons (Fsp3) is 0.125. The number of hydrogen-bond acceptors (Lipinski definition) is 6. The Morgan fingerprint density at radius 3 is 2.81 bits per heavy atom. The topological polar surface area (TPSA) is 69.6 Å². The Kier molecular flexibility index (Phi) is 4.03. The van der Waals surface area contributed by atoms with Crippen LogP contribution in [0.3, 0.4) is 0 Å². The van der Waals surface area contributed by atoms with Crippen molar-refractivity contribution in [2.24, 2.45) is 0 Å². The molecule has 0 atom stereocenters. The van der Waals surface area contributed by atoms with Crippen molar-refractivity contribution in [1.82, 2.24) is 25.2 Å². The Morgan fingerprint density at radius 1 is 1.15 bits per heavy atom. The van der Waals surface area contributed by atoms with E-state index in [4.69, 9.17) is 4.42 Å². The van der Waals surface area contributed by atoms with Gasteiger partial charge in [0.2, 0.25) is 11.7 Å². The predicted octanol–water partition coefficient (Wildman–Crippen LogP) is 4.12. The van der Waals surface area contributed by atoms with Gasteiger partial charge in [-0.25, -0.2) is 4.98 Å². The maximum Gasteiger partial charge on any atom is 0.416 e. The molecule has 0 saturated heterocycles. The largest absolute Gasteiger partial charge is 0.443 e. The Bertz CT molecular complexity index is 1020. The summed E-state index contributed by atoms with van der Waals surface area (Å²) in [5, 5.41) is 13.7. The van der Waals surface area contributed by atoms with E-state index in [1.165, 1.54) is 34.5 Å². The molecular formula is C16H10F3N5OS. The second-order valence-electron chi connectivity index (χ2n) is 5.34. The van der Waals surface area contributed by atoms with Crippen LogP contribution in [0.15, 0.2) is 52.5 Å². The highest BCUT2D eigenvalue weighted by atomic mass is 32.1. The third-order valence-corrected chi connectivity index (χ3v) is 4.35. The Morgan fingerprint density at radius 2 is 2.04 bits per heavy atom. The van der Waals surface area contributed by atoms with Gasteiger partial charge in [-0.1, -0.05) is 18.2 Å². The number of alkyl halides is 3. The maximum atomic E-state index is 12.8. The van der Waals surface area contributed by atoms with Crippen molar-refractivity contribution in [3.8, 4) is 22.2 Å². The summed E-state index contributed by atoms with van der Waals surface area (Å²) in [7, 11) is 0. The normalized spacial score (nSPS) is 11.8. The van der Waals surface area contributed by atoms with Crippen LogP contribution < -0.4 is 0 Å². The quantitative estimate of drug-likeness (QED) is 0.535. The van der Waals surface area contributed by atoms with E-state index >= 15 is 0 Å². The molecule has 0 spiro atoms. The molecule has 1 aromatic carbocycles. The van der Waals surface area contributed by atoms with Gasteiger partial charge in [-0.2, -0.15) is 18.0 Å². The smallest absolute Gasteiger partial charge is 0.416 e. The Balaban J connectivity index is 1.54. The summed E-state index contributed by atoms with van der Waals surface area (Å²) in [6, 6.07) is 8.58. The fourth-order valence-electron chi connectivity index (χ4n) is 2.30. The number of aromatic nitrogens is 5. The zero-order valence-corrected chi connectivity index (χ0v) is 13.8. The first-order valence-corrected chi connectivity index (χ1v) is 8.31. The first-order valence-electron chi connectivity index (χ1n) is 7.43. The van der Waals surface area contributed by atoms with E-state index in [0.29, 0.717) is 11.6 Å². The second-order valence-corrected chi connectivity index (χ2v) is 6.29. The number of oxazole rings is 1. The number of nitrogens with zero attached hydrogens (tertiary/aromatic N) is 5. The lowest BCUT2D eigenvalue weighted by molar-refractivity contribution is -0.137. The van der Waals surface area contributed by atoms with Crippen LogP contribution in [0.25, 0.3) is 22.2 Å². The zero-order valence-electron chi connectivity index (χ0n) is 13.0. The zero-order chi connectivity index (χ0) is 18.1. The second kappa shape index (κ2) is 6.37. The van der Waals surface area contributed by atoms with E-state index in [-0.39, 0.29) is 17.9 Å². The van der Waals surface area contributed by atoms with E-state index < -0.39 is 11.7 Å². The molecule has 0 radical (unpaired) electrons. The van der Waals surface area contributed by atoms with Crippen LogP contribution in [0.4, 0.5) is 13.2 Å². The molecule has 0 fully saturated rings. The van der Waals surface area contributed by atoms with Crippen molar-refractivity contribution in [3.63, 3.8) is 0 Å². The van der Waals surface area contributed by atoms with Gasteiger partial charge in [0.15, 0.2) is 0 Å². The summed E-state index contributed by atoms with van der Waals surface area (Å²) >= 11 is 1.50. The average Bonchev–Trinajstić information content (AvgIpc) is 3.36. The SMILES string of the molecule is FC(F)(F)c1cccc(-c2nnn(Cc3coc(-c4cccs4)n3)n2)c1. The number of rotatable bonds is 4. The van der Waals surface area contributed by atoms with Crippen molar-refractivity contribution >= 4 is 11.3 Å². The van der Waals surface area contributed by atoms with Crippen LogP contribution in [0.1, 0.15) is 11.3 Å². The van der Waals surface area contributed by atoms with Crippen LogP contribution >= 0.6 is 11.3 Å². The van der Waals surface area contributed by atoms with Gasteiger partial charge >= 0.3 is 6.18 Å². The minimum atomic E-state index is -4.43. The van der Waals surface area contributed by atoms with Gasteiger partial charge < -0.3 is 4.42 Å². The standard InChI is InChI=1S/C16H10F3N5OS/c17-16(18,19)11-4-1-3-10(7-11)14-21-23-24(22-14)8-12-9-25-15(20-12)13-5-2-6-26-13/h1-7,9H,8H2. The first kappa shape index (κ1) is 16.5. The van der Waals surface area contributed by atoms with Crippen LogP contribution in [0, 0.1) is 0 Å². The molecule has 0 aliphatic rings. The molecule has 0 aliphatic carbocycles. The maximum absolute atomic E-state index is 12.8. The number of halogens is 3. The number of benzene rings is 1. The number of tetrazole rings is 1. The molecule has 132 valence electrons.